The number of nitrogens with zero attached hydrogens (tertiary/aromatic N) is 1. The molecule has 3 atom stereocenters. The first kappa shape index (κ1) is 15.0. The van der Waals surface area contributed by atoms with Crippen molar-refractivity contribution in [2.24, 2.45) is 5.73 Å². The van der Waals surface area contributed by atoms with E-state index in [9.17, 15) is 5.11 Å². The standard InChI is InChI=1S/C15H26N2OS/c1-4-12(16)14(13-7-6-11(2)19-13)17-9-5-8-15(3,18)10-17/h6-7,12,14,18H,4-5,8-10,16H2,1-3H3. The summed E-state index contributed by atoms with van der Waals surface area (Å²) < 4.78 is 0. The van der Waals surface area contributed by atoms with Crippen LogP contribution < -0.4 is 5.73 Å². The van der Waals surface area contributed by atoms with E-state index in [4.69, 9.17) is 5.73 Å². The van der Waals surface area contributed by atoms with Crippen LogP contribution in [0.25, 0.3) is 0 Å². The van der Waals surface area contributed by atoms with Crippen LogP contribution in [-0.2, 0) is 0 Å². The first-order chi connectivity index (χ1) is 8.93. The highest BCUT2D eigenvalue weighted by molar-refractivity contribution is 7.12. The van der Waals surface area contributed by atoms with Gasteiger partial charge >= 0.3 is 0 Å². The fourth-order valence-corrected chi connectivity index (χ4v) is 4.08. The van der Waals surface area contributed by atoms with Crippen molar-refractivity contribution in [1.82, 2.24) is 4.90 Å². The molecular weight excluding hydrogens is 256 g/mol. The predicted molar refractivity (Wildman–Crippen MR) is 81.5 cm³/mol. The average molecular weight is 282 g/mol. The molecule has 2 heterocycles. The molecule has 1 aromatic rings. The molecule has 3 N–H and O–H groups in total. The van der Waals surface area contributed by atoms with Gasteiger partial charge in [-0.3, -0.25) is 4.90 Å². The van der Waals surface area contributed by atoms with Crippen LogP contribution in [0.15, 0.2) is 12.1 Å². The van der Waals surface area contributed by atoms with Crippen molar-refractivity contribution in [3.05, 3.63) is 21.9 Å². The average Bonchev–Trinajstić information content (AvgIpc) is 2.74. The third kappa shape index (κ3) is 3.57. The fraction of sp³-hybridized carbons (Fsp3) is 0.733. The summed E-state index contributed by atoms with van der Waals surface area (Å²) in [6.45, 7) is 7.97. The van der Waals surface area contributed by atoms with E-state index < -0.39 is 5.60 Å². The monoisotopic (exact) mass is 282 g/mol. The molecule has 1 aliphatic rings. The van der Waals surface area contributed by atoms with E-state index in [1.807, 2.05) is 18.3 Å². The van der Waals surface area contributed by atoms with E-state index in [0.717, 1.165) is 32.4 Å². The summed E-state index contributed by atoms with van der Waals surface area (Å²) in [7, 11) is 0. The Morgan fingerprint density at radius 3 is 2.79 bits per heavy atom. The van der Waals surface area contributed by atoms with Gasteiger partial charge in [-0.05, 0) is 51.8 Å². The van der Waals surface area contributed by atoms with Crippen molar-refractivity contribution in [3.8, 4) is 0 Å². The first-order valence-electron chi connectivity index (χ1n) is 7.21. The summed E-state index contributed by atoms with van der Waals surface area (Å²) in [5.74, 6) is 0. The molecule has 1 aromatic heterocycles. The molecule has 0 spiro atoms. The second-order valence-corrected chi connectivity index (χ2v) is 7.36. The van der Waals surface area contributed by atoms with Crippen molar-refractivity contribution in [2.75, 3.05) is 13.1 Å². The Bertz CT molecular complexity index is 416. The summed E-state index contributed by atoms with van der Waals surface area (Å²) in [5, 5.41) is 10.3. The van der Waals surface area contributed by atoms with Gasteiger partial charge < -0.3 is 10.8 Å². The minimum Gasteiger partial charge on any atom is -0.389 e. The number of rotatable bonds is 4. The molecule has 0 bridgehead atoms. The lowest BCUT2D eigenvalue weighted by atomic mass is 9.91. The van der Waals surface area contributed by atoms with Crippen LogP contribution in [-0.4, -0.2) is 34.7 Å². The van der Waals surface area contributed by atoms with Crippen LogP contribution in [0.5, 0.6) is 0 Å². The zero-order valence-corrected chi connectivity index (χ0v) is 13.0. The smallest absolute Gasteiger partial charge is 0.0746 e. The topological polar surface area (TPSA) is 49.5 Å². The number of β-amino-alcohol motifs (C(OH)–C–C–N with tert-alkyl or cyclic N) is 1. The van der Waals surface area contributed by atoms with Crippen molar-refractivity contribution in [3.63, 3.8) is 0 Å². The molecule has 4 heteroatoms. The lowest BCUT2D eigenvalue weighted by Crippen LogP contribution is -2.51. The van der Waals surface area contributed by atoms with Crippen LogP contribution in [0.3, 0.4) is 0 Å². The van der Waals surface area contributed by atoms with Crippen molar-refractivity contribution in [1.29, 1.82) is 0 Å². The van der Waals surface area contributed by atoms with E-state index in [1.54, 1.807) is 0 Å². The van der Waals surface area contributed by atoms with Crippen LogP contribution in [0, 0.1) is 6.92 Å². The van der Waals surface area contributed by atoms with Gasteiger partial charge in [0, 0.05) is 22.3 Å². The third-order valence-electron chi connectivity index (χ3n) is 4.03. The van der Waals surface area contributed by atoms with Crippen molar-refractivity contribution in [2.45, 2.75) is 57.7 Å². The zero-order valence-electron chi connectivity index (χ0n) is 12.2. The predicted octanol–water partition coefficient (Wildman–Crippen LogP) is 2.68. The number of piperidine rings is 1. The fourth-order valence-electron chi connectivity index (χ4n) is 2.99. The Labute approximate surface area is 120 Å². The summed E-state index contributed by atoms with van der Waals surface area (Å²) in [6.07, 6.45) is 2.89. The zero-order chi connectivity index (χ0) is 14.0. The molecule has 0 aromatic carbocycles. The SMILES string of the molecule is CCC(N)C(c1ccc(C)s1)N1CCCC(C)(O)C1. The Balaban J connectivity index is 2.22. The molecule has 19 heavy (non-hydrogen) atoms. The quantitative estimate of drug-likeness (QED) is 0.892. The lowest BCUT2D eigenvalue weighted by molar-refractivity contribution is -0.0338. The molecule has 0 radical (unpaired) electrons. The molecule has 0 saturated carbocycles. The van der Waals surface area contributed by atoms with Crippen molar-refractivity contribution < 1.29 is 5.11 Å². The number of likely N-dealkylation sites (tertiary alicyclic amines) is 1. The van der Waals surface area contributed by atoms with E-state index in [2.05, 4.69) is 30.9 Å². The van der Waals surface area contributed by atoms with E-state index >= 15 is 0 Å². The number of hydrogen-bond acceptors (Lipinski definition) is 4. The summed E-state index contributed by atoms with van der Waals surface area (Å²) >= 11 is 1.83. The summed E-state index contributed by atoms with van der Waals surface area (Å²) in [4.78, 5) is 5.04. The molecule has 1 fully saturated rings. The van der Waals surface area contributed by atoms with Gasteiger partial charge in [0.1, 0.15) is 0 Å². The van der Waals surface area contributed by atoms with E-state index in [0.29, 0.717) is 0 Å². The molecule has 1 aliphatic heterocycles. The second kappa shape index (κ2) is 5.92. The number of aliphatic hydroxyl groups is 1. The highest BCUT2D eigenvalue weighted by Gasteiger charge is 2.35. The van der Waals surface area contributed by atoms with Gasteiger partial charge in [0.15, 0.2) is 0 Å². The van der Waals surface area contributed by atoms with Crippen LogP contribution >= 0.6 is 11.3 Å². The molecule has 3 nitrogen and oxygen atoms in total. The van der Waals surface area contributed by atoms with Crippen LogP contribution in [0.4, 0.5) is 0 Å². The van der Waals surface area contributed by atoms with Gasteiger partial charge in [0.2, 0.25) is 0 Å². The van der Waals surface area contributed by atoms with E-state index in [1.165, 1.54) is 9.75 Å². The third-order valence-corrected chi connectivity index (χ3v) is 5.10. The molecular formula is C15H26N2OS. The second-order valence-electron chi connectivity index (χ2n) is 6.04. The van der Waals surface area contributed by atoms with Gasteiger partial charge in [0.05, 0.1) is 11.6 Å². The molecule has 108 valence electrons. The highest BCUT2D eigenvalue weighted by Crippen LogP contribution is 2.34. The Kier molecular flexibility index (Phi) is 4.66. The lowest BCUT2D eigenvalue weighted by Gasteiger charge is -2.42. The van der Waals surface area contributed by atoms with Crippen LogP contribution in [0.1, 0.15) is 48.9 Å². The highest BCUT2D eigenvalue weighted by atomic mass is 32.1. The van der Waals surface area contributed by atoms with Gasteiger partial charge in [0.25, 0.3) is 0 Å². The molecule has 1 saturated heterocycles. The number of hydrogen-bond donors (Lipinski definition) is 2. The largest absolute Gasteiger partial charge is 0.389 e. The molecule has 0 aliphatic carbocycles. The molecule has 3 unspecified atom stereocenters. The first-order valence-corrected chi connectivity index (χ1v) is 8.03. The summed E-state index contributed by atoms with van der Waals surface area (Å²) in [6, 6.07) is 4.74. The Morgan fingerprint density at radius 1 is 1.53 bits per heavy atom. The Hall–Kier alpha value is -0.420. The van der Waals surface area contributed by atoms with Gasteiger partial charge in [-0.25, -0.2) is 0 Å². The maximum Gasteiger partial charge on any atom is 0.0746 e. The van der Waals surface area contributed by atoms with Gasteiger partial charge in [-0.2, -0.15) is 0 Å². The van der Waals surface area contributed by atoms with Crippen LogP contribution in [0.2, 0.25) is 0 Å². The Morgan fingerprint density at radius 2 is 2.26 bits per heavy atom. The number of aryl methyl sites for hydroxylation is 1. The maximum atomic E-state index is 10.3. The normalized spacial score (nSPS) is 28.3. The van der Waals surface area contributed by atoms with Crippen molar-refractivity contribution >= 4 is 11.3 Å². The number of nitrogens with two attached hydrogens (primary N) is 1. The molecule has 0 amide bonds. The summed E-state index contributed by atoms with van der Waals surface area (Å²) in [5.41, 5.74) is 5.79. The van der Waals surface area contributed by atoms with E-state index in [-0.39, 0.29) is 12.1 Å². The van der Waals surface area contributed by atoms with Gasteiger partial charge in [-0.15, -0.1) is 11.3 Å². The molecule has 2 rings (SSSR count). The van der Waals surface area contributed by atoms with Gasteiger partial charge in [-0.1, -0.05) is 6.92 Å². The minimum absolute atomic E-state index is 0.131. The maximum absolute atomic E-state index is 10.3. The number of thiophene rings is 1. The minimum atomic E-state index is -0.573.